The summed E-state index contributed by atoms with van der Waals surface area (Å²) in [7, 11) is 0. The topological polar surface area (TPSA) is 98.3 Å². The summed E-state index contributed by atoms with van der Waals surface area (Å²) in [6.07, 6.45) is 4.61. The Balaban J connectivity index is 1.33. The summed E-state index contributed by atoms with van der Waals surface area (Å²) in [6.45, 7) is 1.90. The van der Waals surface area contributed by atoms with Gasteiger partial charge >= 0.3 is 0 Å². The maximum Gasteiger partial charge on any atom is 0.202 e. The number of fused-ring (bicyclic) bond motifs is 1. The van der Waals surface area contributed by atoms with Gasteiger partial charge in [-0.15, -0.1) is 0 Å². The molecule has 3 aromatic rings. The number of nitrogens with zero attached hydrogens (tertiary/aromatic N) is 2. The van der Waals surface area contributed by atoms with Crippen LogP contribution in [0.25, 0.3) is 10.8 Å². The van der Waals surface area contributed by atoms with E-state index in [9.17, 15) is 20.4 Å². The van der Waals surface area contributed by atoms with Crippen molar-refractivity contribution in [3.63, 3.8) is 0 Å². The summed E-state index contributed by atoms with van der Waals surface area (Å²) in [5.74, 6) is 1.35. The second-order valence-corrected chi connectivity index (χ2v) is 11.5. The fourth-order valence-electron chi connectivity index (χ4n) is 8.27. The lowest BCUT2D eigenvalue weighted by Crippen LogP contribution is -2.76. The Labute approximate surface area is 203 Å². The van der Waals surface area contributed by atoms with Crippen LogP contribution in [0, 0.1) is 5.92 Å². The molecule has 2 bridgehead atoms. The Kier molecular flexibility index (Phi) is 3.74. The lowest BCUT2D eigenvalue weighted by molar-refractivity contribution is -0.196. The highest BCUT2D eigenvalue weighted by Gasteiger charge is 2.73. The first kappa shape index (κ1) is 20.3. The third-order valence-corrected chi connectivity index (χ3v) is 9.93. The van der Waals surface area contributed by atoms with Crippen molar-refractivity contribution >= 4 is 10.8 Å². The molecule has 35 heavy (non-hydrogen) atoms. The van der Waals surface area contributed by atoms with Gasteiger partial charge in [0.15, 0.2) is 11.5 Å². The number of benzene rings is 2. The van der Waals surface area contributed by atoms with Crippen LogP contribution in [-0.4, -0.2) is 60.7 Å². The summed E-state index contributed by atoms with van der Waals surface area (Å²) < 4.78 is 8.21. The molecule has 7 nitrogen and oxygen atoms in total. The molecule has 1 spiro atoms. The first-order valence-electron chi connectivity index (χ1n) is 12.9. The fraction of sp³-hybridized carbons (Fsp3) is 0.500. The quantitative estimate of drug-likeness (QED) is 0.463. The van der Waals surface area contributed by atoms with E-state index in [0.717, 1.165) is 43.0 Å². The molecule has 2 aromatic carbocycles. The molecule has 2 saturated carbocycles. The highest BCUT2D eigenvalue weighted by atomic mass is 16.5. The second-order valence-electron chi connectivity index (χ2n) is 11.5. The molecule has 3 fully saturated rings. The minimum atomic E-state index is -0.995. The van der Waals surface area contributed by atoms with Crippen LogP contribution in [0.3, 0.4) is 0 Å². The van der Waals surface area contributed by atoms with E-state index in [1.54, 1.807) is 22.8 Å². The number of aromatic hydroxyl groups is 3. The third kappa shape index (κ3) is 2.30. The van der Waals surface area contributed by atoms with Crippen molar-refractivity contribution < 1.29 is 25.2 Å². The van der Waals surface area contributed by atoms with E-state index < -0.39 is 17.1 Å². The first-order chi connectivity index (χ1) is 16.9. The van der Waals surface area contributed by atoms with E-state index in [0.29, 0.717) is 29.4 Å². The van der Waals surface area contributed by atoms with Crippen molar-refractivity contribution in [2.75, 3.05) is 13.1 Å². The normalized spacial score (nSPS) is 35.2. The van der Waals surface area contributed by atoms with Gasteiger partial charge < -0.3 is 25.2 Å². The van der Waals surface area contributed by atoms with Crippen LogP contribution in [0.2, 0.25) is 0 Å². The van der Waals surface area contributed by atoms with E-state index in [1.165, 1.54) is 12.8 Å². The molecular weight excluding hydrogens is 444 g/mol. The molecule has 5 atom stereocenters. The van der Waals surface area contributed by atoms with Crippen molar-refractivity contribution in [3.05, 3.63) is 47.5 Å². The van der Waals surface area contributed by atoms with Gasteiger partial charge in [0.25, 0.3) is 0 Å². The number of hydrogen-bond donors (Lipinski definition) is 4. The molecular formula is C28H30N2O5. The minimum absolute atomic E-state index is 0.00202. The lowest BCUT2D eigenvalue weighted by Gasteiger charge is -2.64. The molecule has 3 heterocycles. The van der Waals surface area contributed by atoms with E-state index in [1.807, 2.05) is 18.2 Å². The number of aliphatic hydroxyl groups is 1. The van der Waals surface area contributed by atoms with Gasteiger partial charge in [0.2, 0.25) is 11.8 Å². The van der Waals surface area contributed by atoms with Crippen LogP contribution in [-0.2, 0) is 11.8 Å². The Morgan fingerprint density at radius 1 is 0.943 bits per heavy atom. The average Bonchev–Trinajstić information content (AvgIpc) is 3.54. The Hall–Kier alpha value is -2.90. The highest BCUT2D eigenvalue weighted by Crippen LogP contribution is 2.67. The standard InChI is InChI=1S/C28H30N2O5/c31-20-8-7-16-13-21-28(34)10-9-19(30-25(32)17-3-1-2-4-18(17)26(30)33)24-27(28,22(16)23(20)35-24)11-12-29(21)14-15-5-6-15/h1-4,7-8,15,19,21,24,31-34H,5-6,9-14H2/t19-,21-,24+,27+,28-/m1/s1. The summed E-state index contributed by atoms with van der Waals surface area (Å²) in [5, 5.41) is 47.1. The van der Waals surface area contributed by atoms with Crippen molar-refractivity contribution in [3.8, 4) is 23.3 Å². The number of hydrogen-bond acceptors (Lipinski definition) is 6. The monoisotopic (exact) mass is 474 g/mol. The highest BCUT2D eigenvalue weighted by molar-refractivity contribution is 5.93. The zero-order valence-corrected chi connectivity index (χ0v) is 19.5. The Bertz CT molecular complexity index is 1360. The van der Waals surface area contributed by atoms with E-state index >= 15 is 0 Å². The lowest BCUT2D eigenvalue weighted by atomic mass is 9.48. The van der Waals surface area contributed by atoms with Crippen LogP contribution >= 0.6 is 0 Å². The number of phenolic OH excluding ortho intramolecular Hbond substituents is 1. The maximum absolute atomic E-state index is 12.6. The van der Waals surface area contributed by atoms with Crippen LogP contribution in [0.5, 0.6) is 23.3 Å². The number of piperidine rings is 1. The molecule has 8 rings (SSSR count). The van der Waals surface area contributed by atoms with Gasteiger partial charge in [0.05, 0.1) is 17.1 Å². The van der Waals surface area contributed by atoms with Gasteiger partial charge in [-0.3, -0.25) is 9.47 Å². The molecule has 0 amide bonds. The summed E-state index contributed by atoms with van der Waals surface area (Å²) >= 11 is 0. The SMILES string of the molecule is Oc1ccc2c3c1O[C@H]1[C@H](n4c(O)c5ccccc5c4O)CC[C@@]4(O)[C@@H](C2)N(CC2CC2)CC[C@]314. The zero-order valence-electron chi connectivity index (χ0n) is 19.5. The van der Waals surface area contributed by atoms with Crippen LogP contribution < -0.4 is 4.74 Å². The Morgan fingerprint density at radius 2 is 1.69 bits per heavy atom. The fourth-order valence-corrected chi connectivity index (χ4v) is 8.27. The smallest absolute Gasteiger partial charge is 0.202 e. The molecule has 2 aliphatic heterocycles. The largest absolute Gasteiger partial charge is 0.504 e. The third-order valence-electron chi connectivity index (χ3n) is 9.93. The molecule has 5 aliphatic rings. The first-order valence-corrected chi connectivity index (χ1v) is 12.9. The molecule has 0 unspecified atom stereocenters. The number of rotatable bonds is 3. The van der Waals surface area contributed by atoms with Crippen LogP contribution in [0.4, 0.5) is 0 Å². The predicted octanol–water partition coefficient (Wildman–Crippen LogP) is 3.56. The molecule has 4 N–H and O–H groups in total. The summed E-state index contributed by atoms with van der Waals surface area (Å²) in [6, 6.07) is 10.6. The van der Waals surface area contributed by atoms with E-state index in [4.69, 9.17) is 4.74 Å². The van der Waals surface area contributed by atoms with Crippen molar-refractivity contribution in [1.29, 1.82) is 0 Å². The number of phenols is 1. The maximum atomic E-state index is 12.6. The zero-order chi connectivity index (χ0) is 23.7. The average molecular weight is 475 g/mol. The molecule has 1 saturated heterocycles. The van der Waals surface area contributed by atoms with Gasteiger partial charge in [0.1, 0.15) is 6.10 Å². The molecule has 3 aliphatic carbocycles. The molecule has 182 valence electrons. The van der Waals surface area contributed by atoms with Gasteiger partial charge in [-0.05, 0) is 74.8 Å². The number of likely N-dealkylation sites (tertiary alicyclic amines) is 1. The van der Waals surface area contributed by atoms with Crippen molar-refractivity contribution in [2.24, 2.45) is 5.92 Å². The summed E-state index contributed by atoms with van der Waals surface area (Å²) in [5.41, 5.74) is 0.401. The van der Waals surface area contributed by atoms with Gasteiger partial charge in [0, 0.05) is 28.9 Å². The number of aromatic nitrogens is 1. The van der Waals surface area contributed by atoms with Crippen LogP contribution in [0.1, 0.15) is 49.3 Å². The van der Waals surface area contributed by atoms with Crippen molar-refractivity contribution in [1.82, 2.24) is 9.47 Å². The van der Waals surface area contributed by atoms with E-state index in [-0.39, 0.29) is 29.6 Å². The molecule has 7 heteroatoms. The number of ether oxygens (including phenoxy) is 1. The Morgan fingerprint density at radius 3 is 2.40 bits per heavy atom. The molecule has 0 radical (unpaired) electrons. The summed E-state index contributed by atoms with van der Waals surface area (Å²) in [4.78, 5) is 2.51. The van der Waals surface area contributed by atoms with Crippen molar-refractivity contribution in [2.45, 2.75) is 67.7 Å². The minimum Gasteiger partial charge on any atom is -0.504 e. The predicted molar refractivity (Wildman–Crippen MR) is 129 cm³/mol. The van der Waals surface area contributed by atoms with E-state index in [2.05, 4.69) is 4.90 Å². The second kappa shape index (κ2) is 6.45. The van der Waals surface area contributed by atoms with Gasteiger partial charge in [-0.1, -0.05) is 18.2 Å². The van der Waals surface area contributed by atoms with Gasteiger partial charge in [-0.25, -0.2) is 0 Å². The van der Waals surface area contributed by atoms with Gasteiger partial charge in [-0.2, -0.15) is 0 Å². The molecule has 1 aromatic heterocycles. The van der Waals surface area contributed by atoms with Crippen LogP contribution in [0.15, 0.2) is 36.4 Å².